The maximum absolute atomic E-state index is 16.2. The van der Waals surface area contributed by atoms with Crippen LogP contribution in [-0.2, 0) is 0 Å². The Morgan fingerprint density at radius 1 is 0.400 bits per heavy atom. The lowest BCUT2D eigenvalue weighted by Crippen LogP contribution is -2.72. The molecule has 17 heteroatoms. The van der Waals surface area contributed by atoms with Crippen molar-refractivity contribution in [3.05, 3.63) is 133 Å². The molecule has 4 rings (SSSR count). The first-order valence-corrected chi connectivity index (χ1v) is 15.6. The summed E-state index contributed by atoms with van der Waals surface area (Å²) in [4.78, 5) is 0. The molecule has 50 heavy (non-hydrogen) atoms. The number of nitrogens with zero attached hydrogens (tertiary/aromatic N) is 1. The molecule has 4 aromatic carbocycles. The Bertz CT molecular complexity index is 1740. The van der Waals surface area contributed by atoms with Gasteiger partial charge in [0.05, 0.1) is 7.05 Å². The summed E-state index contributed by atoms with van der Waals surface area (Å²) in [6.07, 6.45) is -7.64. The van der Waals surface area contributed by atoms with E-state index in [0.29, 0.717) is 0 Å². The normalized spacial score (nSPS) is 14.4. The van der Waals surface area contributed by atoms with Crippen LogP contribution in [-0.4, -0.2) is 41.7 Å². The Morgan fingerprint density at radius 2 is 0.700 bits per heavy atom. The molecule has 0 heterocycles. The van der Waals surface area contributed by atoms with Gasteiger partial charge in [-0.15, -0.1) is 0 Å². The van der Waals surface area contributed by atoms with Crippen LogP contribution in [0.5, 0.6) is 0 Å². The quantitative estimate of drug-likeness (QED) is 0.107. The van der Waals surface area contributed by atoms with Gasteiger partial charge in [-0.25, -0.2) is 0 Å². The average molecular weight is 747 g/mol. The maximum Gasteiger partial charge on any atom is 0.460 e. The summed E-state index contributed by atoms with van der Waals surface area (Å²) in [6.45, 7) is 0. The van der Waals surface area contributed by atoms with Crippen LogP contribution in [0.15, 0.2) is 132 Å². The van der Waals surface area contributed by atoms with Crippen molar-refractivity contribution in [2.24, 2.45) is 4.74 Å². The summed E-state index contributed by atoms with van der Waals surface area (Å²) in [7, 11) is -4.19. The fourth-order valence-corrected chi connectivity index (χ4v) is 8.29. The van der Waals surface area contributed by atoms with Gasteiger partial charge in [-0.2, -0.15) is 65.9 Å². The van der Waals surface area contributed by atoms with Crippen molar-refractivity contribution in [2.75, 3.05) is 0 Å². The van der Waals surface area contributed by atoms with Crippen LogP contribution in [0.2, 0.25) is 0 Å². The summed E-state index contributed by atoms with van der Waals surface area (Å²) < 4.78 is 219. The highest BCUT2D eigenvalue weighted by Crippen LogP contribution is 2.64. The van der Waals surface area contributed by atoms with E-state index >= 15 is 17.6 Å². The Kier molecular flexibility index (Phi) is 10.2. The Morgan fingerprint density at radius 3 is 1.04 bits per heavy atom. The molecule has 1 nitrogen and oxygen atoms in total. The first-order valence-electron chi connectivity index (χ1n) is 13.9. The molecule has 0 spiro atoms. The zero-order valence-electron chi connectivity index (χ0n) is 24.7. The van der Waals surface area contributed by atoms with E-state index in [9.17, 15) is 48.3 Å². The van der Waals surface area contributed by atoms with Crippen molar-refractivity contribution in [2.45, 2.75) is 41.7 Å². The van der Waals surface area contributed by atoms with Gasteiger partial charge in [0.15, 0.2) is 0 Å². The molecular formula is C33H21F15NP. The second-order valence-electron chi connectivity index (χ2n) is 10.6. The summed E-state index contributed by atoms with van der Waals surface area (Å²) in [6, 6.07) is 25.9. The minimum absolute atomic E-state index is 0.00363. The lowest BCUT2D eigenvalue weighted by atomic mass is 9.90. The average Bonchev–Trinajstić information content (AvgIpc) is 3.07. The third kappa shape index (κ3) is 6.09. The van der Waals surface area contributed by atoms with E-state index in [0.717, 1.165) is 24.3 Å². The molecule has 0 bridgehead atoms. The molecule has 0 aliphatic carbocycles. The van der Waals surface area contributed by atoms with Gasteiger partial charge in [-0.1, -0.05) is 121 Å². The molecule has 0 saturated heterocycles. The molecule has 0 radical (unpaired) electrons. The molecule has 0 amide bonds. The minimum atomic E-state index is -8.44. The molecular weight excluding hydrogens is 726 g/mol. The van der Waals surface area contributed by atoms with Crippen molar-refractivity contribution in [3.8, 4) is 0 Å². The van der Waals surface area contributed by atoms with Crippen LogP contribution < -0.4 is 15.9 Å². The molecule has 0 aliphatic rings. The van der Waals surface area contributed by atoms with Crippen LogP contribution >= 0.6 is 7.05 Å². The smallest absolute Gasteiger partial charge is 0.252 e. The summed E-state index contributed by atoms with van der Waals surface area (Å²) in [5.41, 5.74) is -2.90. The van der Waals surface area contributed by atoms with E-state index < -0.39 is 60.0 Å². The molecule has 268 valence electrons. The topological polar surface area (TPSA) is 12.4 Å². The third-order valence-electron chi connectivity index (χ3n) is 7.40. The zero-order valence-corrected chi connectivity index (χ0v) is 25.6. The van der Waals surface area contributed by atoms with Crippen LogP contribution in [0.4, 0.5) is 65.9 Å². The standard InChI is InChI=1S/C33H21F15NP/c34-27(35,28(36,37)29(38,39)30(40,41)31(42,43)32(44,45)33(46,47)48)26(21-22-13-5-1-6-14-22)49-50(23-15-7-2-8-16-23,24-17-9-3-10-18-24)25-19-11-4-12-20-25/h1-21H/b26-21-. The van der Waals surface area contributed by atoms with Crippen LogP contribution in [0.1, 0.15) is 5.56 Å². The van der Waals surface area contributed by atoms with Crippen molar-refractivity contribution in [1.29, 1.82) is 0 Å². The van der Waals surface area contributed by atoms with Gasteiger partial charge in [-0.3, -0.25) is 4.74 Å². The number of benzene rings is 4. The highest BCUT2D eigenvalue weighted by Gasteiger charge is 2.93. The number of rotatable bonds is 11. The first kappa shape index (κ1) is 38.6. The van der Waals surface area contributed by atoms with Crippen molar-refractivity contribution >= 4 is 29.0 Å². The molecule has 0 unspecified atom stereocenters. The van der Waals surface area contributed by atoms with Gasteiger partial charge in [0, 0.05) is 15.9 Å². The Labute approximate surface area is 274 Å². The van der Waals surface area contributed by atoms with Crippen molar-refractivity contribution in [1.82, 2.24) is 0 Å². The van der Waals surface area contributed by atoms with E-state index in [1.54, 1.807) is 0 Å². The molecule has 0 atom stereocenters. The fraction of sp³-hybridized carbons (Fsp3) is 0.212. The van der Waals surface area contributed by atoms with Gasteiger partial charge in [0.1, 0.15) is 5.70 Å². The van der Waals surface area contributed by atoms with E-state index in [2.05, 4.69) is 4.74 Å². The number of halogens is 15. The van der Waals surface area contributed by atoms with E-state index in [-0.39, 0.29) is 22.0 Å². The maximum atomic E-state index is 16.2. The summed E-state index contributed by atoms with van der Waals surface area (Å²) in [5.74, 6) is -47.7. The lowest BCUT2D eigenvalue weighted by Gasteiger charge is -2.41. The Hall–Kier alpha value is -4.20. The number of hydrogen-bond donors (Lipinski definition) is 0. The SMILES string of the molecule is FC(F)(F)C(F)(F)C(F)(F)C(F)(F)C(F)(F)C(F)(F)C(F)(F)/C(=C/c1ccccc1)N=P(c1ccccc1)(c1ccccc1)c1ccccc1. The highest BCUT2D eigenvalue weighted by molar-refractivity contribution is 7.87. The van der Waals surface area contributed by atoms with Gasteiger partial charge in [-0.05, 0) is 11.6 Å². The van der Waals surface area contributed by atoms with Crippen LogP contribution in [0.3, 0.4) is 0 Å². The summed E-state index contributed by atoms with van der Waals surface area (Å²) in [5, 5.41) is 0.0109. The van der Waals surface area contributed by atoms with Crippen molar-refractivity contribution in [3.63, 3.8) is 0 Å². The van der Waals surface area contributed by atoms with Gasteiger partial charge < -0.3 is 0 Å². The third-order valence-corrected chi connectivity index (χ3v) is 11.1. The predicted molar refractivity (Wildman–Crippen MR) is 158 cm³/mol. The molecule has 0 N–H and O–H groups in total. The van der Waals surface area contributed by atoms with Gasteiger partial charge in [0.25, 0.3) is 0 Å². The van der Waals surface area contributed by atoms with E-state index in [1.165, 1.54) is 97.1 Å². The van der Waals surface area contributed by atoms with Crippen molar-refractivity contribution < 1.29 is 65.9 Å². The first-order chi connectivity index (χ1) is 23.0. The number of allylic oxidation sites excluding steroid dienone is 1. The molecule has 0 aliphatic heterocycles. The number of hydrogen-bond acceptors (Lipinski definition) is 1. The highest BCUT2D eigenvalue weighted by atomic mass is 31.2. The second-order valence-corrected chi connectivity index (χ2v) is 13.6. The predicted octanol–water partition coefficient (Wildman–Crippen LogP) is 10.6. The zero-order chi connectivity index (χ0) is 37.4. The fourth-order valence-electron chi connectivity index (χ4n) is 4.73. The molecule has 0 aromatic heterocycles. The van der Waals surface area contributed by atoms with E-state index in [4.69, 9.17) is 0 Å². The van der Waals surface area contributed by atoms with Crippen LogP contribution in [0.25, 0.3) is 6.08 Å². The monoisotopic (exact) mass is 747 g/mol. The van der Waals surface area contributed by atoms with Crippen LogP contribution in [0, 0.1) is 0 Å². The Balaban J connectivity index is 2.14. The van der Waals surface area contributed by atoms with Gasteiger partial charge in [0.2, 0.25) is 0 Å². The molecule has 4 aromatic rings. The molecule has 0 fully saturated rings. The second kappa shape index (κ2) is 13.2. The molecule has 0 saturated carbocycles. The van der Waals surface area contributed by atoms with Gasteiger partial charge >= 0.3 is 41.7 Å². The largest absolute Gasteiger partial charge is 0.460 e. The van der Waals surface area contributed by atoms with E-state index in [1.807, 2.05) is 0 Å². The lowest BCUT2D eigenvalue weighted by molar-refractivity contribution is -0.450. The number of alkyl halides is 15. The summed E-state index contributed by atoms with van der Waals surface area (Å²) >= 11 is 0. The minimum Gasteiger partial charge on any atom is -0.252 e.